The predicted molar refractivity (Wildman–Crippen MR) is 47.8 cm³/mol. The van der Waals surface area contributed by atoms with Crippen molar-refractivity contribution in [2.24, 2.45) is 5.41 Å². The van der Waals surface area contributed by atoms with Gasteiger partial charge >= 0.3 is 5.97 Å². The molecule has 2 heteroatoms. The second-order valence-electron chi connectivity index (χ2n) is 4.81. The van der Waals surface area contributed by atoms with Crippen LogP contribution in [-0.4, -0.2) is 11.6 Å². The second-order valence-corrected chi connectivity index (χ2v) is 4.81. The molecule has 0 bridgehead atoms. The van der Waals surface area contributed by atoms with Crippen molar-refractivity contribution in [1.82, 2.24) is 0 Å². The van der Waals surface area contributed by atoms with Crippen LogP contribution in [0.25, 0.3) is 0 Å². The van der Waals surface area contributed by atoms with Crippen LogP contribution in [0.4, 0.5) is 0 Å². The fourth-order valence-electron chi connectivity index (χ4n) is 1.45. The highest BCUT2D eigenvalue weighted by molar-refractivity contribution is 5.70. The molecular formula is C10H18O2. The number of esters is 1. The highest BCUT2D eigenvalue weighted by atomic mass is 16.6. The summed E-state index contributed by atoms with van der Waals surface area (Å²) in [6, 6.07) is 0. The first-order valence-electron chi connectivity index (χ1n) is 4.57. The van der Waals surface area contributed by atoms with Gasteiger partial charge in [-0.2, -0.15) is 0 Å². The van der Waals surface area contributed by atoms with Crippen LogP contribution in [0.1, 0.15) is 47.0 Å². The lowest BCUT2D eigenvalue weighted by Crippen LogP contribution is -2.46. The van der Waals surface area contributed by atoms with E-state index in [0.717, 1.165) is 12.8 Å². The van der Waals surface area contributed by atoms with Crippen molar-refractivity contribution in [3.63, 3.8) is 0 Å². The minimum Gasteiger partial charge on any atom is -0.459 e. The Kier molecular flexibility index (Phi) is 2.19. The van der Waals surface area contributed by atoms with Crippen LogP contribution in [0.5, 0.6) is 0 Å². The molecule has 0 aromatic carbocycles. The van der Waals surface area contributed by atoms with Crippen LogP contribution in [0.15, 0.2) is 0 Å². The normalized spacial score (nSPS) is 31.5. The maximum absolute atomic E-state index is 11.1. The van der Waals surface area contributed by atoms with Gasteiger partial charge in [0, 0.05) is 11.8 Å². The predicted octanol–water partition coefficient (Wildman–Crippen LogP) is 2.52. The Labute approximate surface area is 74.3 Å². The van der Waals surface area contributed by atoms with E-state index in [-0.39, 0.29) is 17.0 Å². The van der Waals surface area contributed by atoms with E-state index in [0.29, 0.717) is 6.42 Å². The van der Waals surface area contributed by atoms with Crippen LogP contribution in [-0.2, 0) is 9.53 Å². The SMILES string of the molecule is CC(C)(C)C1(C)CCCC(=O)O1. The van der Waals surface area contributed by atoms with Gasteiger partial charge in [-0.05, 0) is 19.8 Å². The zero-order chi connectivity index (χ0) is 9.41. The lowest BCUT2D eigenvalue weighted by Gasteiger charge is -2.43. The molecule has 0 aromatic rings. The zero-order valence-corrected chi connectivity index (χ0v) is 8.44. The molecule has 1 heterocycles. The van der Waals surface area contributed by atoms with Gasteiger partial charge in [0.25, 0.3) is 0 Å². The first kappa shape index (κ1) is 9.56. The summed E-state index contributed by atoms with van der Waals surface area (Å²) < 4.78 is 5.40. The number of hydrogen-bond acceptors (Lipinski definition) is 2. The van der Waals surface area contributed by atoms with Gasteiger partial charge in [0.2, 0.25) is 0 Å². The molecule has 0 radical (unpaired) electrons. The van der Waals surface area contributed by atoms with Crippen LogP contribution in [0.3, 0.4) is 0 Å². The molecule has 1 atom stereocenters. The van der Waals surface area contributed by atoms with E-state index < -0.39 is 0 Å². The van der Waals surface area contributed by atoms with Gasteiger partial charge in [-0.15, -0.1) is 0 Å². The highest BCUT2D eigenvalue weighted by Gasteiger charge is 2.42. The van der Waals surface area contributed by atoms with E-state index in [9.17, 15) is 4.79 Å². The van der Waals surface area contributed by atoms with Crippen LogP contribution >= 0.6 is 0 Å². The second kappa shape index (κ2) is 2.75. The molecule has 0 aliphatic carbocycles. The summed E-state index contributed by atoms with van der Waals surface area (Å²) in [4.78, 5) is 11.1. The molecule has 0 spiro atoms. The average molecular weight is 170 g/mol. The van der Waals surface area contributed by atoms with Crippen molar-refractivity contribution in [1.29, 1.82) is 0 Å². The first-order valence-corrected chi connectivity index (χ1v) is 4.57. The number of carbonyl (C=O) groups excluding carboxylic acids is 1. The molecule has 0 saturated carbocycles. The van der Waals surface area contributed by atoms with E-state index in [2.05, 4.69) is 20.8 Å². The van der Waals surface area contributed by atoms with Gasteiger partial charge in [-0.3, -0.25) is 4.79 Å². The van der Waals surface area contributed by atoms with Crippen molar-refractivity contribution in [3.8, 4) is 0 Å². The topological polar surface area (TPSA) is 26.3 Å². The highest BCUT2D eigenvalue weighted by Crippen LogP contribution is 2.40. The quantitative estimate of drug-likeness (QED) is 0.522. The molecule has 70 valence electrons. The molecular weight excluding hydrogens is 152 g/mol. The summed E-state index contributed by atoms with van der Waals surface area (Å²) in [5.74, 6) is -0.0429. The Hall–Kier alpha value is -0.530. The smallest absolute Gasteiger partial charge is 0.306 e. The summed E-state index contributed by atoms with van der Waals surface area (Å²) in [5.41, 5.74) is -0.217. The largest absolute Gasteiger partial charge is 0.459 e. The van der Waals surface area contributed by atoms with Crippen molar-refractivity contribution >= 4 is 5.97 Å². The molecule has 1 rings (SSSR count). The molecule has 0 aromatic heterocycles. The summed E-state index contributed by atoms with van der Waals surface area (Å²) in [6.07, 6.45) is 2.54. The maximum Gasteiger partial charge on any atom is 0.306 e. The third kappa shape index (κ3) is 1.62. The van der Waals surface area contributed by atoms with Crippen molar-refractivity contribution in [3.05, 3.63) is 0 Å². The van der Waals surface area contributed by atoms with Crippen LogP contribution in [0.2, 0.25) is 0 Å². The molecule has 0 amide bonds. The van der Waals surface area contributed by atoms with Crippen molar-refractivity contribution in [2.45, 2.75) is 52.6 Å². The number of cyclic esters (lactones) is 1. The van der Waals surface area contributed by atoms with Gasteiger partial charge in [0.05, 0.1) is 0 Å². The van der Waals surface area contributed by atoms with E-state index in [1.165, 1.54) is 0 Å². The molecule has 1 unspecified atom stereocenters. The van der Waals surface area contributed by atoms with Gasteiger partial charge in [-0.25, -0.2) is 0 Å². The van der Waals surface area contributed by atoms with Gasteiger partial charge in [-0.1, -0.05) is 20.8 Å². The van der Waals surface area contributed by atoms with Crippen molar-refractivity contribution in [2.75, 3.05) is 0 Å². The number of carbonyl (C=O) groups is 1. The molecule has 1 aliphatic heterocycles. The third-order valence-corrected chi connectivity index (χ3v) is 2.96. The summed E-state index contributed by atoms with van der Waals surface area (Å²) in [5, 5.41) is 0. The Balaban J connectivity index is 2.77. The van der Waals surface area contributed by atoms with E-state index in [1.54, 1.807) is 0 Å². The number of hydrogen-bond donors (Lipinski definition) is 0. The molecule has 2 nitrogen and oxygen atoms in total. The Morgan fingerprint density at radius 2 is 2.00 bits per heavy atom. The summed E-state index contributed by atoms with van der Waals surface area (Å²) in [7, 11) is 0. The molecule has 1 aliphatic rings. The minimum atomic E-state index is -0.262. The summed E-state index contributed by atoms with van der Waals surface area (Å²) >= 11 is 0. The zero-order valence-electron chi connectivity index (χ0n) is 8.44. The molecule has 1 saturated heterocycles. The van der Waals surface area contributed by atoms with Gasteiger partial charge in [0.1, 0.15) is 5.60 Å². The Bertz CT molecular complexity index is 191. The standard InChI is InChI=1S/C10H18O2/c1-9(2,3)10(4)7-5-6-8(11)12-10/h5-7H2,1-4H3. The Morgan fingerprint density at radius 3 is 2.33 bits per heavy atom. The van der Waals surface area contributed by atoms with Crippen LogP contribution in [0, 0.1) is 5.41 Å². The monoisotopic (exact) mass is 170 g/mol. The fraction of sp³-hybridized carbons (Fsp3) is 0.900. The van der Waals surface area contributed by atoms with Crippen LogP contribution < -0.4 is 0 Å². The third-order valence-electron chi connectivity index (χ3n) is 2.96. The van der Waals surface area contributed by atoms with Gasteiger partial charge in [0.15, 0.2) is 0 Å². The lowest BCUT2D eigenvalue weighted by molar-refractivity contribution is -0.179. The molecule has 1 fully saturated rings. The molecule has 0 N–H and O–H groups in total. The lowest BCUT2D eigenvalue weighted by atomic mass is 9.73. The van der Waals surface area contributed by atoms with E-state index >= 15 is 0 Å². The Morgan fingerprint density at radius 1 is 1.42 bits per heavy atom. The van der Waals surface area contributed by atoms with E-state index in [4.69, 9.17) is 4.74 Å². The fourth-order valence-corrected chi connectivity index (χ4v) is 1.45. The van der Waals surface area contributed by atoms with Gasteiger partial charge < -0.3 is 4.74 Å². The van der Waals surface area contributed by atoms with Crippen molar-refractivity contribution < 1.29 is 9.53 Å². The minimum absolute atomic E-state index is 0.0429. The first-order chi connectivity index (χ1) is 5.35. The average Bonchev–Trinajstić information content (AvgIpc) is 1.83. The molecule has 12 heavy (non-hydrogen) atoms. The number of ether oxygens (including phenoxy) is 1. The number of rotatable bonds is 0. The maximum atomic E-state index is 11.1. The van der Waals surface area contributed by atoms with E-state index in [1.807, 2.05) is 6.92 Å². The summed E-state index contributed by atoms with van der Waals surface area (Å²) in [6.45, 7) is 8.38.